The maximum atomic E-state index is 12.4. The molecule has 2 aromatic rings. The molecule has 2 aliphatic rings. The molecule has 0 saturated carbocycles. The summed E-state index contributed by atoms with van der Waals surface area (Å²) in [5, 5.41) is 4.20. The molecule has 6 nitrogen and oxygen atoms in total. The molecule has 1 N–H and O–H groups in total. The lowest BCUT2D eigenvalue weighted by molar-refractivity contribution is -0.127. The largest absolute Gasteiger partial charge is 0.383 e. The molecule has 4 rings (SSSR count). The topological polar surface area (TPSA) is 57.7 Å². The van der Waals surface area contributed by atoms with E-state index in [0.29, 0.717) is 19.2 Å². The quantitative estimate of drug-likeness (QED) is 0.761. The summed E-state index contributed by atoms with van der Waals surface area (Å²) in [6, 6.07) is 13.2. The summed E-state index contributed by atoms with van der Waals surface area (Å²) in [5.74, 6) is 1.38. The number of carbonyl (C=O) groups excluding carboxylic acids is 1. The first-order valence-corrected chi connectivity index (χ1v) is 10.9. The maximum absolute atomic E-state index is 12.4. The van der Waals surface area contributed by atoms with Crippen molar-refractivity contribution in [2.45, 2.75) is 31.7 Å². The highest BCUT2D eigenvalue weighted by atomic mass is 16.5. The Balaban J connectivity index is 1.31. The Labute approximate surface area is 173 Å². The molecule has 2 fully saturated rings. The van der Waals surface area contributed by atoms with Crippen LogP contribution in [0.2, 0.25) is 0 Å². The van der Waals surface area contributed by atoms with E-state index in [-0.39, 0.29) is 11.8 Å². The van der Waals surface area contributed by atoms with Crippen LogP contribution in [0.5, 0.6) is 0 Å². The first-order chi connectivity index (χ1) is 14.2. The van der Waals surface area contributed by atoms with Crippen molar-refractivity contribution in [3.63, 3.8) is 0 Å². The van der Waals surface area contributed by atoms with Crippen LogP contribution in [0.1, 0.15) is 25.7 Å². The van der Waals surface area contributed by atoms with Crippen LogP contribution >= 0.6 is 0 Å². The molecule has 1 aromatic heterocycles. The Morgan fingerprint density at radius 2 is 1.97 bits per heavy atom. The van der Waals surface area contributed by atoms with Crippen molar-refractivity contribution in [1.29, 1.82) is 0 Å². The number of likely N-dealkylation sites (tertiary alicyclic amines) is 1. The molecule has 0 bridgehead atoms. The molecule has 1 atom stereocenters. The molecule has 6 heteroatoms. The van der Waals surface area contributed by atoms with E-state index >= 15 is 0 Å². The number of pyridine rings is 1. The predicted molar refractivity (Wildman–Crippen MR) is 116 cm³/mol. The molecule has 0 spiro atoms. The van der Waals surface area contributed by atoms with Crippen LogP contribution in [0.4, 0.5) is 5.82 Å². The number of piperidine rings is 2. The Morgan fingerprint density at radius 3 is 2.79 bits per heavy atom. The third kappa shape index (κ3) is 4.87. The summed E-state index contributed by atoms with van der Waals surface area (Å²) in [7, 11) is 1.66. The van der Waals surface area contributed by atoms with E-state index in [1.165, 1.54) is 5.39 Å². The molecule has 0 unspecified atom stereocenters. The molecule has 1 amide bonds. The minimum absolute atomic E-state index is 0.112. The van der Waals surface area contributed by atoms with E-state index in [4.69, 9.17) is 9.72 Å². The summed E-state index contributed by atoms with van der Waals surface area (Å²) >= 11 is 0. The van der Waals surface area contributed by atoms with Gasteiger partial charge in [0.05, 0.1) is 18.0 Å². The van der Waals surface area contributed by atoms with Gasteiger partial charge in [-0.3, -0.25) is 9.69 Å². The Kier molecular flexibility index (Phi) is 6.62. The minimum Gasteiger partial charge on any atom is -0.383 e. The van der Waals surface area contributed by atoms with Crippen LogP contribution in [-0.2, 0) is 9.53 Å². The van der Waals surface area contributed by atoms with Crippen LogP contribution in [0.25, 0.3) is 10.9 Å². The summed E-state index contributed by atoms with van der Waals surface area (Å²) in [5.41, 5.74) is 1.06. The standard InChI is InChI=1S/C23H32N4O2/c1-29-16-12-24-23(28)19-6-4-13-27(17-19)20-10-14-26(15-11-20)22-9-8-18-5-2-3-7-21(18)25-22/h2-3,5,7-9,19-20H,4,6,10-17H2,1H3,(H,24,28)/t19-/m1/s1. The average Bonchev–Trinajstić information content (AvgIpc) is 2.79. The second-order valence-electron chi connectivity index (χ2n) is 8.20. The normalized spacial score (nSPS) is 21.4. The van der Waals surface area contributed by atoms with Gasteiger partial charge in [0.25, 0.3) is 0 Å². The van der Waals surface area contributed by atoms with Crippen molar-refractivity contribution < 1.29 is 9.53 Å². The number of carbonyl (C=O) groups is 1. The number of aromatic nitrogens is 1. The van der Waals surface area contributed by atoms with E-state index in [0.717, 1.165) is 63.2 Å². The fraction of sp³-hybridized carbons (Fsp3) is 0.565. The monoisotopic (exact) mass is 396 g/mol. The van der Waals surface area contributed by atoms with Crippen molar-refractivity contribution in [1.82, 2.24) is 15.2 Å². The molecule has 3 heterocycles. The number of ether oxygens (including phenoxy) is 1. The number of methoxy groups -OCH3 is 1. The van der Waals surface area contributed by atoms with Gasteiger partial charge in [-0.25, -0.2) is 4.98 Å². The first kappa shape index (κ1) is 20.1. The van der Waals surface area contributed by atoms with Crippen molar-refractivity contribution in [3.8, 4) is 0 Å². The van der Waals surface area contributed by atoms with Gasteiger partial charge in [-0.05, 0) is 50.4 Å². The second kappa shape index (κ2) is 9.55. The first-order valence-electron chi connectivity index (χ1n) is 10.9. The SMILES string of the molecule is COCCNC(=O)[C@@H]1CCCN(C2CCN(c3ccc4ccccc4n3)CC2)C1. The summed E-state index contributed by atoms with van der Waals surface area (Å²) in [4.78, 5) is 22.2. The Hall–Kier alpha value is -2.18. The van der Waals surface area contributed by atoms with Gasteiger partial charge < -0.3 is 15.0 Å². The van der Waals surface area contributed by atoms with E-state index in [1.807, 2.05) is 6.07 Å². The van der Waals surface area contributed by atoms with Gasteiger partial charge in [-0.15, -0.1) is 0 Å². The van der Waals surface area contributed by atoms with E-state index < -0.39 is 0 Å². The zero-order chi connectivity index (χ0) is 20.1. The van der Waals surface area contributed by atoms with Gasteiger partial charge >= 0.3 is 0 Å². The van der Waals surface area contributed by atoms with Gasteiger partial charge in [-0.2, -0.15) is 0 Å². The van der Waals surface area contributed by atoms with Crippen LogP contribution in [0.3, 0.4) is 0 Å². The zero-order valence-corrected chi connectivity index (χ0v) is 17.3. The molecular formula is C23H32N4O2. The molecule has 2 aliphatic heterocycles. The number of hydrogen-bond donors (Lipinski definition) is 1. The summed E-state index contributed by atoms with van der Waals surface area (Å²) in [6.45, 7) is 5.22. The lowest BCUT2D eigenvalue weighted by Crippen LogP contribution is -2.51. The lowest BCUT2D eigenvalue weighted by Gasteiger charge is -2.42. The van der Waals surface area contributed by atoms with Crippen LogP contribution in [0, 0.1) is 5.92 Å². The highest BCUT2D eigenvalue weighted by Crippen LogP contribution is 2.26. The molecular weight excluding hydrogens is 364 g/mol. The third-order valence-corrected chi connectivity index (χ3v) is 6.32. The summed E-state index contributed by atoms with van der Waals surface area (Å²) < 4.78 is 5.03. The van der Waals surface area contributed by atoms with Gasteiger partial charge in [0.15, 0.2) is 0 Å². The number of hydrogen-bond acceptors (Lipinski definition) is 5. The highest BCUT2D eigenvalue weighted by Gasteiger charge is 2.31. The Bertz CT molecular complexity index is 819. The molecule has 0 aliphatic carbocycles. The number of para-hydroxylation sites is 1. The van der Waals surface area contributed by atoms with E-state index in [2.05, 4.69) is 45.4 Å². The minimum atomic E-state index is 0.112. The fourth-order valence-electron chi connectivity index (χ4n) is 4.66. The summed E-state index contributed by atoms with van der Waals surface area (Å²) in [6.07, 6.45) is 4.36. The molecule has 0 radical (unpaired) electrons. The molecule has 2 saturated heterocycles. The van der Waals surface area contributed by atoms with Crippen molar-refractivity contribution >= 4 is 22.6 Å². The number of rotatable bonds is 6. The highest BCUT2D eigenvalue weighted by molar-refractivity contribution is 5.80. The van der Waals surface area contributed by atoms with Crippen LogP contribution in [0.15, 0.2) is 36.4 Å². The number of anilines is 1. The number of nitrogens with zero attached hydrogens (tertiary/aromatic N) is 3. The van der Waals surface area contributed by atoms with Gasteiger partial charge in [-0.1, -0.05) is 18.2 Å². The predicted octanol–water partition coefficient (Wildman–Crippen LogP) is 2.68. The molecule has 29 heavy (non-hydrogen) atoms. The van der Waals surface area contributed by atoms with Gasteiger partial charge in [0, 0.05) is 44.7 Å². The number of nitrogens with one attached hydrogen (secondary N) is 1. The van der Waals surface area contributed by atoms with E-state index in [9.17, 15) is 4.79 Å². The number of benzene rings is 1. The second-order valence-corrected chi connectivity index (χ2v) is 8.20. The fourth-order valence-corrected chi connectivity index (χ4v) is 4.66. The Morgan fingerprint density at radius 1 is 1.14 bits per heavy atom. The number of fused-ring (bicyclic) bond motifs is 1. The van der Waals surface area contributed by atoms with Crippen LogP contribution < -0.4 is 10.2 Å². The lowest BCUT2D eigenvalue weighted by atomic mass is 9.93. The zero-order valence-electron chi connectivity index (χ0n) is 17.3. The average molecular weight is 397 g/mol. The van der Waals surface area contributed by atoms with Crippen LogP contribution in [-0.4, -0.2) is 68.3 Å². The molecule has 156 valence electrons. The number of amides is 1. The van der Waals surface area contributed by atoms with Gasteiger partial charge in [0.2, 0.25) is 5.91 Å². The third-order valence-electron chi connectivity index (χ3n) is 6.32. The smallest absolute Gasteiger partial charge is 0.224 e. The maximum Gasteiger partial charge on any atom is 0.224 e. The van der Waals surface area contributed by atoms with Crippen molar-refractivity contribution in [2.24, 2.45) is 5.92 Å². The van der Waals surface area contributed by atoms with E-state index in [1.54, 1.807) is 7.11 Å². The molecule has 1 aromatic carbocycles. The van der Waals surface area contributed by atoms with Gasteiger partial charge in [0.1, 0.15) is 5.82 Å². The van der Waals surface area contributed by atoms with Crippen molar-refractivity contribution in [3.05, 3.63) is 36.4 Å². The van der Waals surface area contributed by atoms with Crippen molar-refractivity contribution in [2.75, 3.05) is 51.3 Å².